The molecule has 0 unspecified atom stereocenters. The van der Waals surface area contributed by atoms with Gasteiger partial charge >= 0.3 is 0 Å². The molecule has 0 aliphatic carbocycles. The Morgan fingerprint density at radius 1 is 1.44 bits per heavy atom. The van der Waals surface area contributed by atoms with Crippen LogP contribution in [0.2, 0.25) is 5.02 Å². The molecule has 0 amide bonds. The minimum atomic E-state index is -3.06. The standard InChI is InChI=1S/C10H13ClN2O4S/c1-7-5-8(13(14)15)6-9(11)10(7)12-3-4-18(2,16)17/h5-6,12H,3-4H2,1-2H3. The lowest BCUT2D eigenvalue weighted by Crippen LogP contribution is -2.15. The van der Waals surface area contributed by atoms with Gasteiger partial charge in [0.05, 0.1) is 21.4 Å². The largest absolute Gasteiger partial charge is 0.383 e. The number of nitro groups is 1. The third-order valence-corrected chi connectivity index (χ3v) is 3.50. The Morgan fingerprint density at radius 2 is 2.06 bits per heavy atom. The maximum atomic E-state index is 11.0. The lowest BCUT2D eigenvalue weighted by Gasteiger charge is -2.10. The molecule has 0 aromatic heterocycles. The van der Waals surface area contributed by atoms with E-state index in [1.54, 1.807) is 6.92 Å². The second-order valence-corrected chi connectivity index (χ2v) is 6.60. The first kappa shape index (κ1) is 14.7. The van der Waals surface area contributed by atoms with Gasteiger partial charge in [-0.1, -0.05) is 11.6 Å². The summed E-state index contributed by atoms with van der Waals surface area (Å²) in [5, 5.41) is 13.7. The van der Waals surface area contributed by atoms with Crippen LogP contribution in [0.25, 0.3) is 0 Å². The number of hydrogen-bond acceptors (Lipinski definition) is 5. The van der Waals surface area contributed by atoms with Crippen molar-refractivity contribution in [2.24, 2.45) is 0 Å². The number of aryl methyl sites for hydroxylation is 1. The van der Waals surface area contributed by atoms with E-state index in [1.165, 1.54) is 12.1 Å². The van der Waals surface area contributed by atoms with Crippen molar-refractivity contribution >= 4 is 32.8 Å². The van der Waals surface area contributed by atoms with Crippen molar-refractivity contribution in [1.82, 2.24) is 0 Å². The molecule has 0 saturated heterocycles. The van der Waals surface area contributed by atoms with Crippen molar-refractivity contribution in [3.05, 3.63) is 32.8 Å². The van der Waals surface area contributed by atoms with Gasteiger partial charge in [0.15, 0.2) is 0 Å². The Balaban J connectivity index is 2.87. The predicted octanol–water partition coefficient (Wildman–Crippen LogP) is 2.01. The lowest BCUT2D eigenvalue weighted by molar-refractivity contribution is -0.384. The maximum absolute atomic E-state index is 11.0. The van der Waals surface area contributed by atoms with Crippen molar-refractivity contribution in [3.8, 4) is 0 Å². The van der Waals surface area contributed by atoms with Crippen molar-refractivity contribution < 1.29 is 13.3 Å². The lowest BCUT2D eigenvalue weighted by atomic mass is 10.2. The quantitative estimate of drug-likeness (QED) is 0.662. The molecule has 8 heteroatoms. The summed E-state index contributed by atoms with van der Waals surface area (Å²) in [7, 11) is -3.06. The van der Waals surface area contributed by atoms with E-state index in [0.717, 1.165) is 6.26 Å². The SMILES string of the molecule is Cc1cc([N+](=O)[O-])cc(Cl)c1NCCS(C)(=O)=O. The summed E-state index contributed by atoms with van der Waals surface area (Å²) < 4.78 is 21.9. The number of anilines is 1. The minimum Gasteiger partial charge on any atom is -0.383 e. The molecule has 0 bridgehead atoms. The second-order valence-electron chi connectivity index (χ2n) is 3.93. The molecule has 0 spiro atoms. The highest BCUT2D eigenvalue weighted by Crippen LogP contribution is 2.30. The maximum Gasteiger partial charge on any atom is 0.271 e. The van der Waals surface area contributed by atoms with Crippen LogP contribution in [-0.2, 0) is 9.84 Å². The molecule has 0 atom stereocenters. The van der Waals surface area contributed by atoms with Crippen LogP contribution >= 0.6 is 11.6 Å². The summed E-state index contributed by atoms with van der Waals surface area (Å²) in [6.07, 6.45) is 1.14. The van der Waals surface area contributed by atoms with Gasteiger partial charge in [0, 0.05) is 24.9 Å². The van der Waals surface area contributed by atoms with E-state index in [0.29, 0.717) is 11.3 Å². The van der Waals surface area contributed by atoms with Crippen LogP contribution in [0.15, 0.2) is 12.1 Å². The average molecular weight is 293 g/mol. The number of nitro benzene ring substituents is 1. The fourth-order valence-electron chi connectivity index (χ4n) is 1.42. The van der Waals surface area contributed by atoms with E-state index in [4.69, 9.17) is 11.6 Å². The number of halogens is 1. The van der Waals surface area contributed by atoms with Gasteiger partial charge in [0.2, 0.25) is 0 Å². The minimum absolute atomic E-state index is 0.0280. The zero-order chi connectivity index (χ0) is 13.9. The third kappa shape index (κ3) is 4.15. The fraction of sp³-hybridized carbons (Fsp3) is 0.400. The Labute approximate surface area is 110 Å². The molecule has 0 fully saturated rings. The van der Waals surface area contributed by atoms with E-state index in [2.05, 4.69) is 5.32 Å². The Hall–Kier alpha value is -1.34. The molecule has 0 radical (unpaired) electrons. The average Bonchev–Trinajstić information content (AvgIpc) is 2.20. The summed E-state index contributed by atoms with van der Waals surface area (Å²) in [5.41, 5.74) is 1.03. The van der Waals surface area contributed by atoms with Gasteiger partial charge in [-0.25, -0.2) is 8.42 Å². The summed E-state index contributed by atoms with van der Waals surface area (Å²) in [4.78, 5) is 10.1. The summed E-state index contributed by atoms with van der Waals surface area (Å²) in [6.45, 7) is 1.87. The van der Waals surface area contributed by atoms with Crippen LogP contribution in [0.3, 0.4) is 0 Å². The predicted molar refractivity (Wildman–Crippen MR) is 71.0 cm³/mol. The number of rotatable bonds is 5. The van der Waals surface area contributed by atoms with E-state index in [1.807, 2.05) is 0 Å². The highest BCUT2D eigenvalue weighted by molar-refractivity contribution is 7.90. The van der Waals surface area contributed by atoms with Crippen LogP contribution in [0.4, 0.5) is 11.4 Å². The molecule has 1 N–H and O–H groups in total. The molecule has 18 heavy (non-hydrogen) atoms. The monoisotopic (exact) mass is 292 g/mol. The van der Waals surface area contributed by atoms with Gasteiger partial charge in [0.1, 0.15) is 9.84 Å². The first-order chi connectivity index (χ1) is 8.20. The van der Waals surface area contributed by atoms with E-state index >= 15 is 0 Å². The van der Waals surface area contributed by atoms with Gasteiger partial charge in [0.25, 0.3) is 5.69 Å². The molecule has 1 aromatic carbocycles. The number of sulfone groups is 1. The molecule has 6 nitrogen and oxygen atoms in total. The number of nitrogens with zero attached hydrogens (tertiary/aromatic N) is 1. The summed E-state index contributed by atoms with van der Waals surface area (Å²) in [6, 6.07) is 2.62. The van der Waals surface area contributed by atoms with Gasteiger partial charge in [-0.3, -0.25) is 10.1 Å². The molecular formula is C10H13ClN2O4S. The first-order valence-electron chi connectivity index (χ1n) is 5.07. The molecule has 0 saturated carbocycles. The van der Waals surface area contributed by atoms with Crippen LogP contribution in [0, 0.1) is 17.0 Å². The normalized spacial score (nSPS) is 11.3. The zero-order valence-electron chi connectivity index (χ0n) is 9.94. The highest BCUT2D eigenvalue weighted by Gasteiger charge is 2.13. The fourth-order valence-corrected chi connectivity index (χ4v) is 2.22. The Bertz CT molecular complexity index is 548. The van der Waals surface area contributed by atoms with Gasteiger partial charge in [-0.05, 0) is 12.5 Å². The molecule has 1 aromatic rings. The van der Waals surface area contributed by atoms with E-state index < -0.39 is 14.8 Å². The zero-order valence-corrected chi connectivity index (χ0v) is 11.5. The number of non-ortho nitro benzene ring substituents is 1. The second kappa shape index (κ2) is 5.53. The van der Waals surface area contributed by atoms with Crippen molar-refractivity contribution in [1.29, 1.82) is 0 Å². The van der Waals surface area contributed by atoms with Crippen molar-refractivity contribution in [2.45, 2.75) is 6.92 Å². The van der Waals surface area contributed by atoms with E-state index in [-0.39, 0.29) is 23.0 Å². The summed E-state index contributed by atoms with van der Waals surface area (Å²) in [5.74, 6) is -0.0280. The molecule has 0 aliphatic heterocycles. The molecule has 100 valence electrons. The molecule has 1 rings (SSSR count). The Morgan fingerprint density at radius 3 is 2.50 bits per heavy atom. The number of hydrogen-bond donors (Lipinski definition) is 1. The number of nitrogens with one attached hydrogen (secondary N) is 1. The highest BCUT2D eigenvalue weighted by atomic mass is 35.5. The molecular weight excluding hydrogens is 280 g/mol. The van der Waals surface area contributed by atoms with Crippen LogP contribution in [0.5, 0.6) is 0 Å². The smallest absolute Gasteiger partial charge is 0.271 e. The van der Waals surface area contributed by atoms with Crippen molar-refractivity contribution in [2.75, 3.05) is 23.9 Å². The first-order valence-corrected chi connectivity index (χ1v) is 7.50. The van der Waals surface area contributed by atoms with Gasteiger partial charge < -0.3 is 5.32 Å². The molecule has 0 aliphatic rings. The van der Waals surface area contributed by atoms with Gasteiger partial charge in [-0.15, -0.1) is 0 Å². The number of benzene rings is 1. The van der Waals surface area contributed by atoms with Crippen LogP contribution in [-0.4, -0.2) is 31.9 Å². The van der Waals surface area contributed by atoms with Crippen LogP contribution in [0.1, 0.15) is 5.56 Å². The van der Waals surface area contributed by atoms with E-state index in [9.17, 15) is 18.5 Å². The third-order valence-electron chi connectivity index (χ3n) is 2.26. The van der Waals surface area contributed by atoms with Gasteiger partial charge in [-0.2, -0.15) is 0 Å². The Kier molecular flexibility index (Phi) is 4.53. The molecule has 0 heterocycles. The van der Waals surface area contributed by atoms with Crippen LogP contribution < -0.4 is 5.32 Å². The van der Waals surface area contributed by atoms with Crippen molar-refractivity contribution in [3.63, 3.8) is 0 Å². The summed E-state index contributed by atoms with van der Waals surface area (Å²) >= 11 is 5.91. The topological polar surface area (TPSA) is 89.3 Å².